The summed E-state index contributed by atoms with van der Waals surface area (Å²) in [6.45, 7) is 0. The Labute approximate surface area is 88.6 Å². The highest BCUT2D eigenvalue weighted by Crippen LogP contribution is 2.15. The van der Waals surface area contributed by atoms with E-state index in [9.17, 15) is 8.42 Å². The number of rotatable bonds is 2. The van der Waals surface area contributed by atoms with Gasteiger partial charge in [-0.05, 0) is 17.7 Å². The zero-order valence-electron chi connectivity index (χ0n) is 8.14. The third-order valence-electron chi connectivity index (χ3n) is 1.82. The minimum Gasteiger partial charge on any atom is -0.398 e. The summed E-state index contributed by atoms with van der Waals surface area (Å²) in [5.41, 5.74) is 6.34. The predicted molar refractivity (Wildman–Crippen MR) is 57.3 cm³/mol. The Bertz CT molecular complexity index is 539. The van der Waals surface area contributed by atoms with Crippen LogP contribution in [-0.4, -0.2) is 14.7 Å². The summed E-state index contributed by atoms with van der Waals surface area (Å²) < 4.78 is 22.5. The lowest BCUT2D eigenvalue weighted by Crippen LogP contribution is -2.00. The molecule has 0 fully saturated rings. The van der Waals surface area contributed by atoms with Crippen LogP contribution in [0.15, 0.2) is 35.2 Å². The van der Waals surface area contributed by atoms with E-state index in [-0.39, 0.29) is 10.6 Å². The van der Waals surface area contributed by atoms with Crippen molar-refractivity contribution >= 4 is 15.5 Å². The first-order valence-electron chi connectivity index (χ1n) is 4.11. The Hall–Kier alpha value is -1.80. The van der Waals surface area contributed by atoms with Crippen LogP contribution in [0.2, 0.25) is 0 Å². The Morgan fingerprint density at radius 1 is 1.53 bits per heavy atom. The molecule has 15 heavy (non-hydrogen) atoms. The van der Waals surface area contributed by atoms with Crippen LogP contribution in [0.4, 0.5) is 0 Å². The van der Waals surface area contributed by atoms with E-state index in [1.165, 1.54) is 18.2 Å². The second-order valence-corrected chi connectivity index (χ2v) is 5.04. The van der Waals surface area contributed by atoms with Gasteiger partial charge in [0.2, 0.25) is 0 Å². The maximum Gasteiger partial charge on any atom is 0.175 e. The van der Waals surface area contributed by atoms with Crippen LogP contribution in [0.5, 0.6) is 0 Å². The number of allylic oxidation sites excluding steroid dienone is 1. The van der Waals surface area contributed by atoms with Gasteiger partial charge >= 0.3 is 0 Å². The molecular weight excluding hydrogens is 212 g/mol. The molecule has 5 heteroatoms. The van der Waals surface area contributed by atoms with Crippen LogP contribution < -0.4 is 5.73 Å². The van der Waals surface area contributed by atoms with E-state index >= 15 is 0 Å². The summed E-state index contributed by atoms with van der Waals surface area (Å²) in [5, 5.41) is 8.40. The molecule has 1 aromatic rings. The lowest BCUT2D eigenvalue weighted by atomic mass is 10.1. The molecule has 0 radical (unpaired) electrons. The molecular formula is C10H10N2O2S. The third-order valence-corrected chi connectivity index (χ3v) is 2.93. The fourth-order valence-corrected chi connectivity index (χ4v) is 1.73. The van der Waals surface area contributed by atoms with Gasteiger partial charge in [-0.2, -0.15) is 5.26 Å². The van der Waals surface area contributed by atoms with Gasteiger partial charge in [0.1, 0.15) is 0 Å². The van der Waals surface area contributed by atoms with Crippen molar-refractivity contribution < 1.29 is 8.42 Å². The number of hydrogen-bond donors (Lipinski definition) is 1. The maximum atomic E-state index is 11.2. The first kappa shape index (κ1) is 11.3. The molecule has 1 rings (SSSR count). The Kier molecular flexibility index (Phi) is 3.12. The highest BCUT2D eigenvalue weighted by atomic mass is 32.2. The molecule has 4 nitrogen and oxygen atoms in total. The second kappa shape index (κ2) is 4.15. The fraction of sp³-hybridized carbons (Fsp3) is 0.100. The molecule has 0 atom stereocenters. The highest BCUT2D eigenvalue weighted by molar-refractivity contribution is 7.90. The maximum absolute atomic E-state index is 11.2. The second-order valence-electron chi connectivity index (χ2n) is 3.03. The van der Waals surface area contributed by atoms with E-state index in [1.54, 1.807) is 18.2 Å². The molecule has 78 valence electrons. The third kappa shape index (κ3) is 2.82. The first-order valence-corrected chi connectivity index (χ1v) is 6.00. The van der Waals surface area contributed by atoms with Crippen LogP contribution in [0.25, 0.3) is 5.70 Å². The van der Waals surface area contributed by atoms with Crippen molar-refractivity contribution in [3.8, 4) is 6.07 Å². The number of hydrogen-bond acceptors (Lipinski definition) is 4. The molecule has 0 heterocycles. The van der Waals surface area contributed by atoms with Crippen LogP contribution in [-0.2, 0) is 9.84 Å². The normalized spacial score (nSPS) is 12.1. The first-order chi connectivity index (χ1) is 6.95. The summed E-state index contributed by atoms with van der Waals surface area (Å²) >= 11 is 0. The van der Waals surface area contributed by atoms with Crippen molar-refractivity contribution in [2.45, 2.75) is 4.90 Å². The topological polar surface area (TPSA) is 83.9 Å². The van der Waals surface area contributed by atoms with Crippen molar-refractivity contribution in [2.75, 3.05) is 6.26 Å². The molecule has 0 saturated carbocycles. The molecule has 0 aromatic heterocycles. The van der Waals surface area contributed by atoms with E-state index in [2.05, 4.69) is 0 Å². The SMILES string of the molecule is CS(=O)(=O)c1cccc(C(N)=CC#N)c1. The number of benzene rings is 1. The lowest BCUT2D eigenvalue weighted by Gasteiger charge is -2.02. The lowest BCUT2D eigenvalue weighted by molar-refractivity contribution is 0.602. The van der Waals surface area contributed by atoms with Gasteiger partial charge in [0.15, 0.2) is 9.84 Å². The number of nitrogens with zero attached hydrogens (tertiary/aromatic N) is 1. The Morgan fingerprint density at radius 2 is 2.20 bits per heavy atom. The standard InChI is InChI=1S/C10H10N2O2S/c1-15(13,14)9-4-2-3-8(7-9)10(12)5-6-11/h2-5,7H,12H2,1H3. The van der Waals surface area contributed by atoms with E-state index in [0.29, 0.717) is 5.56 Å². The Balaban J connectivity index is 3.28. The molecule has 2 N–H and O–H groups in total. The molecule has 0 aliphatic rings. The van der Waals surface area contributed by atoms with Crippen molar-refractivity contribution in [3.63, 3.8) is 0 Å². The highest BCUT2D eigenvalue weighted by Gasteiger charge is 2.07. The van der Waals surface area contributed by atoms with Gasteiger partial charge in [0.25, 0.3) is 0 Å². The van der Waals surface area contributed by atoms with Crippen LogP contribution >= 0.6 is 0 Å². The van der Waals surface area contributed by atoms with Crippen molar-refractivity contribution in [2.24, 2.45) is 5.73 Å². The van der Waals surface area contributed by atoms with Gasteiger partial charge in [-0.15, -0.1) is 0 Å². The van der Waals surface area contributed by atoms with Crippen LogP contribution in [0, 0.1) is 11.3 Å². The monoisotopic (exact) mass is 222 g/mol. The van der Waals surface area contributed by atoms with Crippen LogP contribution in [0.1, 0.15) is 5.56 Å². The molecule has 0 saturated heterocycles. The number of nitriles is 1. The van der Waals surface area contributed by atoms with E-state index in [4.69, 9.17) is 11.0 Å². The number of nitrogens with two attached hydrogens (primary N) is 1. The van der Waals surface area contributed by atoms with E-state index in [0.717, 1.165) is 6.26 Å². The minimum atomic E-state index is -3.24. The molecule has 0 aliphatic heterocycles. The summed E-state index contributed by atoms with van der Waals surface area (Å²) in [7, 11) is -3.24. The zero-order chi connectivity index (χ0) is 11.5. The fourth-order valence-electron chi connectivity index (χ4n) is 1.06. The zero-order valence-corrected chi connectivity index (χ0v) is 8.95. The van der Waals surface area contributed by atoms with Crippen LogP contribution in [0.3, 0.4) is 0 Å². The summed E-state index contributed by atoms with van der Waals surface area (Å²) in [6, 6.07) is 7.95. The molecule has 1 aromatic carbocycles. The summed E-state index contributed by atoms with van der Waals surface area (Å²) in [6.07, 6.45) is 2.29. The van der Waals surface area contributed by atoms with Crippen molar-refractivity contribution in [1.82, 2.24) is 0 Å². The van der Waals surface area contributed by atoms with Gasteiger partial charge in [0, 0.05) is 18.0 Å². The van der Waals surface area contributed by atoms with Gasteiger partial charge < -0.3 is 5.73 Å². The van der Waals surface area contributed by atoms with E-state index in [1.807, 2.05) is 0 Å². The van der Waals surface area contributed by atoms with Gasteiger partial charge in [0.05, 0.1) is 11.0 Å². The van der Waals surface area contributed by atoms with Gasteiger partial charge in [-0.1, -0.05) is 12.1 Å². The number of sulfone groups is 1. The average molecular weight is 222 g/mol. The minimum absolute atomic E-state index is 0.189. The predicted octanol–water partition coefficient (Wildman–Crippen LogP) is 0.913. The molecule has 0 spiro atoms. The Morgan fingerprint density at radius 3 is 2.73 bits per heavy atom. The van der Waals surface area contributed by atoms with Gasteiger partial charge in [-0.25, -0.2) is 8.42 Å². The largest absolute Gasteiger partial charge is 0.398 e. The quantitative estimate of drug-likeness (QED) is 0.754. The smallest absolute Gasteiger partial charge is 0.175 e. The molecule has 0 aliphatic carbocycles. The summed E-state index contributed by atoms with van der Waals surface area (Å²) in [5.74, 6) is 0. The summed E-state index contributed by atoms with van der Waals surface area (Å²) in [4.78, 5) is 0.189. The average Bonchev–Trinajstić information content (AvgIpc) is 2.17. The van der Waals surface area contributed by atoms with Gasteiger partial charge in [-0.3, -0.25) is 0 Å². The molecule has 0 amide bonds. The molecule has 0 bridgehead atoms. The van der Waals surface area contributed by atoms with Crippen molar-refractivity contribution in [1.29, 1.82) is 5.26 Å². The van der Waals surface area contributed by atoms with E-state index < -0.39 is 9.84 Å². The molecule has 0 unspecified atom stereocenters. The van der Waals surface area contributed by atoms with Crippen molar-refractivity contribution in [3.05, 3.63) is 35.9 Å².